The van der Waals surface area contributed by atoms with Crippen LogP contribution in [0.25, 0.3) is 0 Å². The molecular weight excluding hydrogens is 122 g/mol. The molecule has 0 saturated carbocycles. The Morgan fingerprint density at radius 1 is 1.56 bits per heavy atom. The number of nitrogens with zero attached hydrogens (tertiary/aromatic N) is 1. The van der Waals surface area contributed by atoms with Crippen molar-refractivity contribution in [1.29, 1.82) is 0 Å². The third kappa shape index (κ3) is 3.78. The Hall–Kier alpha value is -0.770. The standard InChI is InChI=1S/C5H10NO3/c1-4(6(2)3)9-5(7)8/h4H,1-3H3. The van der Waals surface area contributed by atoms with Gasteiger partial charge in [0.2, 0.25) is 0 Å². The summed E-state index contributed by atoms with van der Waals surface area (Å²) in [5.41, 5.74) is 0. The largest absolute Gasteiger partial charge is 0.551 e. The van der Waals surface area contributed by atoms with Crippen LogP contribution in [0, 0.1) is 0 Å². The van der Waals surface area contributed by atoms with Crippen LogP contribution in [0.3, 0.4) is 0 Å². The van der Waals surface area contributed by atoms with E-state index in [9.17, 15) is 9.90 Å². The van der Waals surface area contributed by atoms with Gasteiger partial charge < -0.3 is 4.74 Å². The number of hydrogen-bond donors (Lipinski definition) is 0. The molecule has 0 aromatic heterocycles. The Morgan fingerprint density at radius 2 is 2.00 bits per heavy atom. The molecule has 1 radical (unpaired) electrons. The molecule has 0 aliphatic rings. The minimum atomic E-state index is -1.49. The molecule has 0 spiro atoms. The summed E-state index contributed by atoms with van der Waals surface area (Å²) >= 11 is 0. The van der Waals surface area contributed by atoms with Gasteiger partial charge in [-0.25, -0.2) is 0 Å². The molecule has 0 fully saturated rings. The molecule has 0 aliphatic heterocycles. The first-order valence-corrected chi connectivity index (χ1v) is 2.58. The highest BCUT2D eigenvalue weighted by Crippen LogP contribution is 1.93. The van der Waals surface area contributed by atoms with Crippen LogP contribution in [-0.2, 0) is 9.84 Å². The van der Waals surface area contributed by atoms with E-state index in [0.717, 1.165) is 0 Å². The van der Waals surface area contributed by atoms with Crippen LogP contribution in [0.1, 0.15) is 6.92 Å². The molecule has 4 nitrogen and oxygen atoms in total. The van der Waals surface area contributed by atoms with E-state index in [2.05, 4.69) is 4.74 Å². The Morgan fingerprint density at radius 3 is 2.11 bits per heavy atom. The van der Waals surface area contributed by atoms with Crippen LogP contribution in [0.5, 0.6) is 0 Å². The highest BCUT2D eigenvalue weighted by molar-refractivity contribution is 5.56. The first kappa shape index (κ1) is 8.23. The van der Waals surface area contributed by atoms with Gasteiger partial charge in [0, 0.05) is 0 Å². The van der Waals surface area contributed by atoms with Crippen LogP contribution in [0.15, 0.2) is 0 Å². The highest BCUT2D eigenvalue weighted by atomic mass is 16.7. The fourth-order valence-corrected chi connectivity index (χ4v) is 0.245. The molecule has 9 heavy (non-hydrogen) atoms. The molecule has 0 aromatic rings. The van der Waals surface area contributed by atoms with Crippen molar-refractivity contribution in [1.82, 2.24) is 4.90 Å². The Kier molecular flexibility index (Phi) is 3.01. The summed E-state index contributed by atoms with van der Waals surface area (Å²) in [6.07, 6.45) is -1.92. The summed E-state index contributed by atoms with van der Waals surface area (Å²) < 4.78 is 4.24. The first-order chi connectivity index (χ1) is 4.04. The summed E-state index contributed by atoms with van der Waals surface area (Å²) in [6.45, 7) is 1.62. The van der Waals surface area contributed by atoms with Crippen molar-refractivity contribution in [3.8, 4) is 0 Å². The zero-order valence-electron chi connectivity index (χ0n) is 5.75. The van der Waals surface area contributed by atoms with Gasteiger partial charge in [-0.15, -0.1) is 0 Å². The molecule has 0 saturated heterocycles. The topological polar surface area (TPSA) is 49.4 Å². The van der Waals surface area contributed by atoms with Crippen LogP contribution in [-0.4, -0.2) is 31.4 Å². The maximum Gasteiger partial charge on any atom is 0.551 e. The molecule has 4 heteroatoms. The second-order valence-corrected chi connectivity index (χ2v) is 1.93. The number of carbonyl (C=O) groups is 1. The Labute approximate surface area is 54.0 Å². The summed E-state index contributed by atoms with van der Waals surface area (Å²) in [5.74, 6) is 0. The van der Waals surface area contributed by atoms with Crippen molar-refractivity contribution in [3.63, 3.8) is 0 Å². The number of rotatable bonds is 2. The molecule has 0 N–H and O–H groups in total. The van der Waals surface area contributed by atoms with Crippen LogP contribution in [0.4, 0.5) is 4.79 Å². The number of carbonyl (C=O) groups excluding carboxylic acids is 1. The average Bonchev–Trinajstić information content (AvgIpc) is 1.63. The molecule has 1 unspecified atom stereocenters. The monoisotopic (exact) mass is 132 g/mol. The molecule has 1 atom stereocenters. The van der Waals surface area contributed by atoms with Gasteiger partial charge in [0.05, 0.1) is 0 Å². The molecule has 0 amide bonds. The quantitative estimate of drug-likeness (QED) is 0.405. The van der Waals surface area contributed by atoms with E-state index in [1.54, 1.807) is 25.9 Å². The van der Waals surface area contributed by atoms with Gasteiger partial charge in [-0.2, -0.15) is 9.90 Å². The fourth-order valence-electron chi connectivity index (χ4n) is 0.245. The lowest BCUT2D eigenvalue weighted by atomic mass is 10.6. The molecule has 0 bridgehead atoms. The third-order valence-corrected chi connectivity index (χ3v) is 0.994. The normalized spacial score (nSPS) is 13.3. The highest BCUT2D eigenvalue weighted by Gasteiger charge is 2.09. The second-order valence-electron chi connectivity index (χ2n) is 1.93. The third-order valence-electron chi connectivity index (χ3n) is 0.994. The lowest BCUT2D eigenvalue weighted by Crippen LogP contribution is -2.28. The molecule has 0 heterocycles. The molecule has 0 rings (SSSR count). The minimum Gasteiger partial charge on any atom is -0.413 e. The van der Waals surface area contributed by atoms with Gasteiger partial charge in [0.1, 0.15) is 0 Å². The average molecular weight is 132 g/mol. The minimum absolute atomic E-state index is 0.435. The van der Waals surface area contributed by atoms with Crippen molar-refractivity contribution in [2.24, 2.45) is 0 Å². The summed E-state index contributed by atoms with van der Waals surface area (Å²) in [6, 6.07) is 0. The zero-order chi connectivity index (χ0) is 7.44. The molecular formula is C5H10NO3. The van der Waals surface area contributed by atoms with Crippen LogP contribution in [0.2, 0.25) is 0 Å². The molecule has 53 valence electrons. The van der Waals surface area contributed by atoms with Gasteiger partial charge in [-0.3, -0.25) is 4.90 Å². The smallest absolute Gasteiger partial charge is 0.413 e. The van der Waals surface area contributed by atoms with Crippen molar-refractivity contribution in [2.75, 3.05) is 14.1 Å². The van der Waals surface area contributed by atoms with E-state index in [0.29, 0.717) is 0 Å². The van der Waals surface area contributed by atoms with Gasteiger partial charge in [-0.05, 0) is 21.0 Å². The fraction of sp³-hybridized carbons (Fsp3) is 0.800. The van der Waals surface area contributed by atoms with Gasteiger partial charge >= 0.3 is 6.16 Å². The van der Waals surface area contributed by atoms with Crippen molar-refractivity contribution in [2.45, 2.75) is 13.2 Å². The number of hydrogen-bond acceptors (Lipinski definition) is 3. The second kappa shape index (κ2) is 3.29. The summed E-state index contributed by atoms with van der Waals surface area (Å²) in [4.78, 5) is 11.4. The summed E-state index contributed by atoms with van der Waals surface area (Å²) in [7, 11) is 3.43. The molecule has 0 aliphatic carbocycles. The SMILES string of the molecule is CC(OC([O])=O)N(C)C. The van der Waals surface area contributed by atoms with Crippen LogP contribution >= 0.6 is 0 Å². The lowest BCUT2D eigenvalue weighted by molar-refractivity contribution is -0.0156. The number of ether oxygens (including phenoxy) is 1. The van der Waals surface area contributed by atoms with Gasteiger partial charge in [0.15, 0.2) is 6.23 Å². The predicted molar refractivity (Wildman–Crippen MR) is 30.3 cm³/mol. The van der Waals surface area contributed by atoms with Gasteiger partial charge in [0.25, 0.3) is 0 Å². The summed E-state index contributed by atoms with van der Waals surface area (Å²) in [5, 5.41) is 9.75. The Bertz CT molecular complexity index is 102. The van der Waals surface area contributed by atoms with Crippen molar-refractivity contribution >= 4 is 6.16 Å². The lowest BCUT2D eigenvalue weighted by Gasteiger charge is -2.16. The van der Waals surface area contributed by atoms with Gasteiger partial charge in [-0.1, -0.05) is 0 Å². The van der Waals surface area contributed by atoms with E-state index in [-0.39, 0.29) is 0 Å². The van der Waals surface area contributed by atoms with E-state index in [1.807, 2.05) is 0 Å². The van der Waals surface area contributed by atoms with Crippen molar-refractivity contribution in [3.05, 3.63) is 0 Å². The van der Waals surface area contributed by atoms with E-state index in [1.165, 1.54) is 0 Å². The van der Waals surface area contributed by atoms with E-state index < -0.39 is 12.4 Å². The van der Waals surface area contributed by atoms with Crippen molar-refractivity contribution < 1.29 is 14.6 Å². The first-order valence-electron chi connectivity index (χ1n) is 2.58. The maximum absolute atomic E-state index is 9.75. The zero-order valence-corrected chi connectivity index (χ0v) is 5.75. The predicted octanol–water partition coefficient (Wildman–Crippen LogP) is 0.461. The maximum atomic E-state index is 9.75. The van der Waals surface area contributed by atoms with E-state index in [4.69, 9.17) is 0 Å². The van der Waals surface area contributed by atoms with E-state index >= 15 is 0 Å². The molecule has 0 aromatic carbocycles. The Balaban J connectivity index is 3.50. The van der Waals surface area contributed by atoms with Crippen LogP contribution < -0.4 is 0 Å².